The Morgan fingerprint density at radius 1 is 1.57 bits per heavy atom. The van der Waals surface area contributed by atoms with E-state index in [1.54, 1.807) is 0 Å². The summed E-state index contributed by atoms with van der Waals surface area (Å²) < 4.78 is 4.53. The largest absolute Gasteiger partial charge is 0.468 e. The van der Waals surface area contributed by atoms with Gasteiger partial charge in [0.1, 0.15) is 0 Å². The molecule has 1 rings (SSSR count). The Hall–Kier alpha value is -1.08. The highest BCUT2D eigenvalue weighted by atomic mass is 16.5. The highest BCUT2D eigenvalue weighted by Gasteiger charge is 2.24. The molecule has 1 N–H and O–H groups in total. The molecule has 1 saturated carbocycles. The summed E-state index contributed by atoms with van der Waals surface area (Å²) in [6.07, 6.45) is 4.18. The lowest BCUT2D eigenvalue weighted by atomic mass is 9.85. The Labute approximate surface area is 84.2 Å². The number of nitriles is 1. The second-order valence-electron chi connectivity index (χ2n) is 3.58. The first kappa shape index (κ1) is 11.0. The van der Waals surface area contributed by atoms with Gasteiger partial charge in [0.15, 0.2) is 0 Å². The zero-order valence-electron chi connectivity index (χ0n) is 8.45. The number of esters is 1. The summed E-state index contributed by atoms with van der Waals surface area (Å²) in [5, 5.41) is 12.0. The van der Waals surface area contributed by atoms with Crippen LogP contribution in [0, 0.1) is 17.2 Å². The molecule has 4 nitrogen and oxygen atoms in total. The van der Waals surface area contributed by atoms with Gasteiger partial charge in [0.25, 0.3) is 0 Å². The third kappa shape index (κ3) is 3.00. The van der Waals surface area contributed by atoms with Gasteiger partial charge >= 0.3 is 5.97 Å². The van der Waals surface area contributed by atoms with Crippen LogP contribution in [0.3, 0.4) is 0 Å². The van der Waals surface area contributed by atoms with Crippen LogP contribution < -0.4 is 5.32 Å². The van der Waals surface area contributed by atoms with E-state index in [1.165, 1.54) is 7.11 Å². The molecule has 1 fully saturated rings. The predicted molar refractivity (Wildman–Crippen MR) is 51.4 cm³/mol. The van der Waals surface area contributed by atoms with E-state index in [2.05, 4.69) is 16.1 Å². The molecule has 14 heavy (non-hydrogen) atoms. The molecule has 2 unspecified atom stereocenters. The SMILES string of the molecule is COC(=O)CNC1CCCCC1C#N. The average molecular weight is 196 g/mol. The lowest BCUT2D eigenvalue weighted by molar-refractivity contribution is -0.139. The van der Waals surface area contributed by atoms with Crippen LogP contribution in [0.5, 0.6) is 0 Å². The van der Waals surface area contributed by atoms with E-state index in [4.69, 9.17) is 5.26 Å². The van der Waals surface area contributed by atoms with Crippen LogP contribution in [0.1, 0.15) is 25.7 Å². The van der Waals surface area contributed by atoms with Gasteiger partial charge in [0.2, 0.25) is 0 Å². The summed E-state index contributed by atoms with van der Waals surface area (Å²) in [5.74, 6) is -0.222. The minimum Gasteiger partial charge on any atom is -0.468 e. The van der Waals surface area contributed by atoms with E-state index in [0.717, 1.165) is 25.7 Å². The molecular formula is C10H16N2O2. The average Bonchev–Trinajstić information content (AvgIpc) is 2.26. The molecule has 0 spiro atoms. The molecule has 0 aromatic rings. The summed E-state index contributed by atoms with van der Waals surface area (Å²) in [4.78, 5) is 10.9. The van der Waals surface area contributed by atoms with Gasteiger partial charge in [0, 0.05) is 6.04 Å². The van der Waals surface area contributed by atoms with Crippen molar-refractivity contribution in [2.75, 3.05) is 13.7 Å². The maximum atomic E-state index is 10.9. The highest BCUT2D eigenvalue weighted by Crippen LogP contribution is 2.23. The summed E-state index contributed by atoms with van der Waals surface area (Å²) in [6.45, 7) is 0.208. The molecule has 0 radical (unpaired) electrons. The van der Waals surface area contributed by atoms with E-state index in [9.17, 15) is 4.79 Å². The molecule has 0 heterocycles. The smallest absolute Gasteiger partial charge is 0.319 e. The maximum Gasteiger partial charge on any atom is 0.319 e. The molecule has 0 aromatic carbocycles. The zero-order chi connectivity index (χ0) is 10.4. The summed E-state index contributed by atoms with van der Waals surface area (Å²) in [5.41, 5.74) is 0. The van der Waals surface area contributed by atoms with Crippen LogP contribution >= 0.6 is 0 Å². The van der Waals surface area contributed by atoms with E-state index in [1.807, 2.05) is 0 Å². The van der Waals surface area contributed by atoms with Gasteiger partial charge in [-0.15, -0.1) is 0 Å². The molecular weight excluding hydrogens is 180 g/mol. The topological polar surface area (TPSA) is 62.1 Å². The van der Waals surface area contributed by atoms with Crippen molar-refractivity contribution >= 4 is 5.97 Å². The van der Waals surface area contributed by atoms with Gasteiger partial charge in [-0.1, -0.05) is 12.8 Å². The number of nitrogens with one attached hydrogen (secondary N) is 1. The number of nitrogens with zero attached hydrogens (tertiary/aromatic N) is 1. The third-order valence-electron chi connectivity index (χ3n) is 2.67. The molecule has 0 saturated heterocycles. The standard InChI is InChI=1S/C10H16N2O2/c1-14-10(13)7-12-9-5-3-2-4-8(9)6-11/h8-9,12H,2-5,7H2,1H3. The normalized spacial score (nSPS) is 26.6. The lowest BCUT2D eigenvalue weighted by Crippen LogP contribution is -2.40. The predicted octanol–water partition coefficient (Wildman–Crippen LogP) is 0.831. The number of carbonyl (C=O) groups excluding carboxylic acids is 1. The minimum atomic E-state index is -0.271. The number of hydrogen-bond acceptors (Lipinski definition) is 4. The number of methoxy groups -OCH3 is 1. The van der Waals surface area contributed by atoms with Crippen molar-refractivity contribution in [3.8, 4) is 6.07 Å². The molecule has 0 amide bonds. The molecule has 4 heteroatoms. The van der Waals surface area contributed by atoms with Gasteiger partial charge in [-0.05, 0) is 12.8 Å². The first-order valence-electron chi connectivity index (χ1n) is 4.97. The monoisotopic (exact) mass is 196 g/mol. The van der Waals surface area contributed by atoms with Gasteiger partial charge < -0.3 is 10.1 Å². The van der Waals surface area contributed by atoms with Crippen molar-refractivity contribution in [1.82, 2.24) is 5.32 Å². The fourth-order valence-electron chi connectivity index (χ4n) is 1.82. The van der Waals surface area contributed by atoms with Crippen LogP contribution in [0.2, 0.25) is 0 Å². The molecule has 1 aliphatic rings. The molecule has 0 aliphatic heterocycles. The highest BCUT2D eigenvalue weighted by molar-refractivity contribution is 5.71. The van der Waals surface area contributed by atoms with Crippen molar-refractivity contribution in [2.24, 2.45) is 5.92 Å². The van der Waals surface area contributed by atoms with Gasteiger partial charge in [-0.2, -0.15) is 5.26 Å². The second-order valence-corrected chi connectivity index (χ2v) is 3.58. The summed E-state index contributed by atoms with van der Waals surface area (Å²) in [7, 11) is 1.37. The summed E-state index contributed by atoms with van der Waals surface area (Å²) in [6, 6.07) is 2.44. The first-order valence-corrected chi connectivity index (χ1v) is 4.97. The Bertz CT molecular complexity index is 235. The van der Waals surface area contributed by atoms with Crippen molar-refractivity contribution < 1.29 is 9.53 Å². The molecule has 1 aliphatic carbocycles. The Morgan fingerprint density at radius 3 is 2.93 bits per heavy atom. The van der Waals surface area contributed by atoms with Crippen LogP contribution in [0.4, 0.5) is 0 Å². The van der Waals surface area contributed by atoms with Crippen LogP contribution in [-0.4, -0.2) is 25.7 Å². The molecule has 0 bridgehead atoms. The number of rotatable bonds is 3. The summed E-state index contributed by atoms with van der Waals surface area (Å²) >= 11 is 0. The minimum absolute atomic E-state index is 0.0495. The zero-order valence-corrected chi connectivity index (χ0v) is 8.45. The van der Waals surface area contributed by atoms with Gasteiger partial charge in [0.05, 0.1) is 25.6 Å². The van der Waals surface area contributed by atoms with E-state index < -0.39 is 0 Å². The van der Waals surface area contributed by atoms with Crippen LogP contribution in [-0.2, 0) is 9.53 Å². The van der Waals surface area contributed by atoms with Gasteiger partial charge in [-0.25, -0.2) is 0 Å². The van der Waals surface area contributed by atoms with Crippen molar-refractivity contribution in [1.29, 1.82) is 5.26 Å². The van der Waals surface area contributed by atoms with Crippen molar-refractivity contribution in [3.63, 3.8) is 0 Å². The Kier molecular flexibility index (Phi) is 4.41. The fourth-order valence-corrected chi connectivity index (χ4v) is 1.82. The van der Waals surface area contributed by atoms with Crippen LogP contribution in [0.15, 0.2) is 0 Å². The Balaban J connectivity index is 2.34. The maximum absolute atomic E-state index is 10.9. The van der Waals surface area contributed by atoms with Gasteiger partial charge in [-0.3, -0.25) is 4.79 Å². The molecule has 2 atom stereocenters. The van der Waals surface area contributed by atoms with E-state index in [-0.39, 0.29) is 24.5 Å². The lowest BCUT2D eigenvalue weighted by Gasteiger charge is -2.27. The molecule has 78 valence electrons. The number of carbonyl (C=O) groups is 1. The van der Waals surface area contributed by atoms with Crippen molar-refractivity contribution in [2.45, 2.75) is 31.7 Å². The Morgan fingerprint density at radius 2 is 2.29 bits per heavy atom. The second kappa shape index (κ2) is 5.61. The number of hydrogen-bond donors (Lipinski definition) is 1. The first-order chi connectivity index (χ1) is 6.77. The van der Waals surface area contributed by atoms with Crippen LogP contribution in [0.25, 0.3) is 0 Å². The van der Waals surface area contributed by atoms with Crippen molar-refractivity contribution in [3.05, 3.63) is 0 Å². The van der Waals surface area contributed by atoms with E-state index >= 15 is 0 Å². The van der Waals surface area contributed by atoms with E-state index in [0.29, 0.717) is 0 Å². The molecule has 0 aromatic heterocycles. The fraction of sp³-hybridized carbons (Fsp3) is 0.800. The number of ether oxygens (including phenoxy) is 1. The quantitative estimate of drug-likeness (QED) is 0.679. The third-order valence-corrected chi connectivity index (χ3v) is 2.67.